The predicted molar refractivity (Wildman–Crippen MR) is 125 cm³/mol. The fraction of sp³-hybridized carbons (Fsp3) is 0.316. The number of benzene rings is 2. The molecule has 9 heteroatoms. The van der Waals surface area contributed by atoms with Gasteiger partial charge < -0.3 is 15.4 Å². The highest BCUT2D eigenvalue weighted by atomic mass is 127. The normalized spacial score (nSPS) is 11.5. The number of sulfone groups is 1. The molecule has 2 N–H and O–H groups in total. The lowest BCUT2D eigenvalue weighted by Gasteiger charge is -2.13. The van der Waals surface area contributed by atoms with Crippen molar-refractivity contribution < 1.29 is 13.2 Å². The van der Waals surface area contributed by atoms with Crippen molar-refractivity contribution in [3.05, 3.63) is 59.1 Å². The van der Waals surface area contributed by atoms with Crippen molar-refractivity contribution in [3.8, 4) is 5.75 Å². The Hall–Kier alpha value is -1.52. The Labute approximate surface area is 188 Å². The number of hydrogen-bond donors (Lipinski definition) is 2. The summed E-state index contributed by atoms with van der Waals surface area (Å²) in [5.74, 6) is 1.31. The third kappa shape index (κ3) is 8.66. The van der Waals surface area contributed by atoms with Gasteiger partial charge in [0.1, 0.15) is 12.4 Å². The molecule has 0 aliphatic heterocycles. The van der Waals surface area contributed by atoms with E-state index in [1.165, 1.54) is 18.4 Å². The summed E-state index contributed by atoms with van der Waals surface area (Å²) >= 11 is 5.98. The van der Waals surface area contributed by atoms with Crippen molar-refractivity contribution in [3.63, 3.8) is 0 Å². The van der Waals surface area contributed by atoms with Gasteiger partial charge in [-0.2, -0.15) is 0 Å². The minimum absolute atomic E-state index is 0. The molecular formula is C19H25ClIN3O3S. The van der Waals surface area contributed by atoms with E-state index < -0.39 is 9.84 Å². The molecule has 2 aromatic rings. The molecule has 0 aliphatic rings. The van der Waals surface area contributed by atoms with E-state index in [1.54, 1.807) is 19.2 Å². The van der Waals surface area contributed by atoms with E-state index in [4.69, 9.17) is 16.3 Å². The number of nitrogens with zero attached hydrogens (tertiary/aromatic N) is 1. The third-order valence-electron chi connectivity index (χ3n) is 3.73. The number of rotatable bonds is 8. The maximum absolute atomic E-state index is 11.4. The lowest BCUT2D eigenvalue weighted by atomic mass is 10.1. The number of nitrogens with one attached hydrogen (secondary N) is 2. The smallest absolute Gasteiger partial charge is 0.191 e. The van der Waals surface area contributed by atoms with E-state index in [1.807, 2.05) is 24.3 Å². The van der Waals surface area contributed by atoms with Crippen LogP contribution in [0, 0.1) is 0 Å². The van der Waals surface area contributed by atoms with Crippen molar-refractivity contribution >= 4 is 51.4 Å². The Morgan fingerprint density at radius 1 is 1.11 bits per heavy atom. The van der Waals surface area contributed by atoms with Crippen LogP contribution in [-0.2, 0) is 16.3 Å². The molecule has 0 saturated heterocycles. The van der Waals surface area contributed by atoms with Gasteiger partial charge in [-0.25, -0.2) is 8.42 Å². The third-order valence-corrected chi connectivity index (χ3v) is 5.10. The van der Waals surface area contributed by atoms with Gasteiger partial charge in [0.2, 0.25) is 0 Å². The molecule has 0 atom stereocenters. The van der Waals surface area contributed by atoms with Crippen LogP contribution in [0.15, 0.2) is 58.4 Å². The van der Waals surface area contributed by atoms with E-state index in [2.05, 4.69) is 15.6 Å². The van der Waals surface area contributed by atoms with Gasteiger partial charge in [-0.1, -0.05) is 23.7 Å². The molecule has 2 aromatic carbocycles. The highest BCUT2D eigenvalue weighted by Crippen LogP contribution is 2.15. The van der Waals surface area contributed by atoms with Crippen LogP contribution in [0.25, 0.3) is 0 Å². The summed E-state index contributed by atoms with van der Waals surface area (Å²) in [7, 11) is -1.48. The van der Waals surface area contributed by atoms with E-state index in [0.29, 0.717) is 24.9 Å². The molecule has 0 amide bonds. The topological polar surface area (TPSA) is 79.8 Å². The summed E-state index contributed by atoms with van der Waals surface area (Å²) in [5, 5.41) is 7.13. The molecule has 0 aliphatic carbocycles. The standard InChI is InChI=1S/C19H24ClN3O3S.HI/c1-21-19(22-11-10-15-4-3-5-16(20)14-15)23-12-13-26-17-6-8-18(9-7-17)27(2,24)25;/h3-9,14H,10-13H2,1-2H3,(H2,21,22,23);1H. The maximum atomic E-state index is 11.4. The summed E-state index contributed by atoms with van der Waals surface area (Å²) in [4.78, 5) is 4.44. The van der Waals surface area contributed by atoms with Gasteiger partial charge in [-0.3, -0.25) is 4.99 Å². The molecule has 154 valence electrons. The predicted octanol–water partition coefficient (Wildman–Crippen LogP) is 3.15. The highest BCUT2D eigenvalue weighted by Gasteiger charge is 2.06. The second kappa shape index (κ2) is 12.1. The number of guanidine groups is 1. The van der Waals surface area contributed by atoms with Crippen LogP contribution in [0.1, 0.15) is 5.56 Å². The zero-order valence-corrected chi connectivity index (χ0v) is 19.7. The lowest BCUT2D eigenvalue weighted by Crippen LogP contribution is -2.40. The number of halogens is 2. The second-order valence-corrected chi connectivity index (χ2v) is 8.35. The van der Waals surface area contributed by atoms with Crippen LogP contribution in [-0.4, -0.2) is 47.4 Å². The van der Waals surface area contributed by atoms with Gasteiger partial charge in [-0.05, 0) is 48.4 Å². The van der Waals surface area contributed by atoms with E-state index in [9.17, 15) is 8.42 Å². The molecule has 0 saturated carbocycles. The highest BCUT2D eigenvalue weighted by molar-refractivity contribution is 14.0. The van der Waals surface area contributed by atoms with Crippen LogP contribution >= 0.6 is 35.6 Å². The number of aliphatic imine (C=N–C) groups is 1. The van der Waals surface area contributed by atoms with Gasteiger partial charge in [0, 0.05) is 24.9 Å². The van der Waals surface area contributed by atoms with E-state index >= 15 is 0 Å². The molecule has 6 nitrogen and oxygen atoms in total. The Bertz CT molecular complexity index is 874. The van der Waals surface area contributed by atoms with Gasteiger partial charge >= 0.3 is 0 Å². The quantitative estimate of drug-likeness (QED) is 0.234. The minimum Gasteiger partial charge on any atom is -0.492 e. The van der Waals surface area contributed by atoms with Crippen molar-refractivity contribution in [2.45, 2.75) is 11.3 Å². The largest absolute Gasteiger partial charge is 0.492 e. The first-order valence-electron chi connectivity index (χ1n) is 8.50. The Kier molecular flexibility index (Phi) is 10.6. The molecule has 2 rings (SSSR count). The molecule has 0 heterocycles. The molecule has 0 unspecified atom stereocenters. The fourth-order valence-electron chi connectivity index (χ4n) is 2.36. The Morgan fingerprint density at radius 3 is 2.39 bits per heavy atom. The molecule has 0 aromatic heterocycles. The average molecular weight is 538 g/mol. The van der Waals surface area contributed by atoms with Gasteiger partial charge in [-0.15, -0.1) is 24.0 Å². The number of hydrogen-bond acceptors (Lipinski definition) is 4. The summed E-state index contributed by atoms with van der Waals surface area (Å²) in [6.07, 6.45) is 2.02. The Morgan fingerprint density at radius 2 is 1.79 bits per heavy atom. The van der Waals surface area contributed by atoms with Crippen molar-refractivity contribution in [2.75, 3.05) is 33.0 Å². The van der Waals surface area contributed by atoms with Crippen LogP contribution in [0.5, 0.6) is 5.75 Å². The van der Waals surface area contributed by atoms with Crippen LogP contribution in [0.2, 0.25) is 5.02 Å². The summed E-state index contributed by atoms with van der Waals surface area (Å²) in [6, 6.07) is 14.1. The average Bonchev–Trinajstić information content (AvgIpc) is 2.63. The maximum Gasteiger partial charge on any atom is 0.191 e. The molecule has 0 radical (unpaired) electrons. The first-order chi connectivity index (χ1) is 12.9. The Balaban J connectivity index is 0.00000392. The molecule has 0 spiro atoms. The lowest BCUT2D eigenvalue weighted by molar-refractivity contribution is 0.321. The van der Waals surface area contributed by atoms with E-state index in [0.717, 1.165) is 23.6 Å². The first kappa shape index (κ1) is 24.5. The molecule has 0 bridgehead atoms. The van der Waals surface area contributed by atoms with E-state index in [-0.39, 0.29) is 28.9 Å². The molecule has 0 fully saturated rings. The van der Waals surface area contributed by atoms with Crippen LogP contribution < -0.4 is 15.4 Å². The van der Waals surface area contributed by atoms with Crippen molar-refractivity contribution in [1.82, 2.24) is 10.6 Å². The second-order valence-electron chi connectivity index (χ2n) is 5.90. The zero-order chi connectivity index (χ0) is 19.7. The van der Waals surface area contributed by atoms with Gasteiger partial charge in [0.25, 0.3) is 0 Å². The molecule has 28 heavy (non-hydrogen) atoms. The van der Waals surface area contributed by atoms with Crippen molar-refractivity contribution in [2.24, 2.45) is 4.99 Å². The summed E-state index contributed by atoms with van der Waals surface area (Å²) in [6.45, 7) is 1.71. The van der Waals surface area contributed by atoms with Crippen molar-refractivity contribution in [1.29, 1.82) is 0 Å². The minimum atomic E-state index is -3.19. The van der Waals surface area contributed by atoms with Crippen LogP contribution in [0.3, 0.4) is 0 Å². The van der Waals surface area contributed by atoms with Crippen LogP contribution in [0.4, 0.5) is 0 Å². The number of ether oxygens (including phenoxy) is 1. The SMILES string of the molecule is CN=C(NCCOc1ccc(S(C)(=O)=O)cc1)NCCc1cccc(Cl)c1.I. The first-order valence-corrected chi connectivity index (χ1v) is 10.8. The fourth-order valence-corrected chi connectivity index (χ4v) is 3.20. The summed E-state index contributed by atoms with van der Waals surface area (Å²) < 4.78 is 28.5. The monoisotopic (exact) mass is 537 g/mol. The van der Waals surface area contributed by atoms with Gasteiger partial charge in [0.15, 0.2) is 15.8 Å². The zero-order valence-electron chi connectivity index (χ0n) is 15.8. The summed E-state index contributed by atoms with van der Waals surface area (Å²) in [5.41, 5.74) is 1.16. The molecular weight excluding hydrogens is 513 g/mol. The van der Waals surface area contributed by atoms with Gasteiger partial charge in [0.05, 0.1) is 11.4 Å².